The zero-order valence-corrected chi connectivity index (χ0v) is 13.9. The minimum Gasteiger partial charge on any atom is -0.508 e. The average molecular weight is 323 g/mol. The topological polar surface area (TPSA) is 36.0 Å². The fraction of sp³-hybridized carbons (Fsp3) is 0.0435. The first-order valence-corrected chi connectivity index (χ1v) is 8.44. The highest BCUT2D eigenvalue weighted by atomic mass is 16.3. The summed E-state index contributed by atoms with van der Waals surface area (Å²) in [6.07, 6.45) is 0. The molecule has 2 N–H and O–H groups in total. The first-order valence-electron chi connectivity index (χ1n) is 8.44. The Morgan fingerprint density at radius 1 is 0.760 bits per heavy atom. The number of phenols is 1. The summed E-state index contributed by atoms with van der Waals surface area (Å²) >= 11 is 0. The highest BCUT2D eigenvalue weighted by Crippen LogP contribution is 2.40. The fourth-order valence-electron chi connectivity index (χ4n) is 3.78. The number of fused-ring (bicyclic) bond motifs is 4. The van der Waals surface area contributed by atoms with E-state index in [9.17, 15) is 5.11 Å². The van der Waals surface area contributed by atoms with E-state index in [0.29, 0.717) is 5.75 Å². The van der Waals surface area contributed by atoms with Crippen molar-refractivity contribution < 1.29 is 5.11 Å². The second-order valence-electron chi connectivity index (χ2n) is 6.55. The standard InChI is InChI=1S/C23H17NO/c1-14-21(25)13-19-18-8-4-5-9-20(18)24-23(19)22(14)17-11-10-15-6-2-3-7-16(15)12-17/h2-13,24-25H,1H3. The maximum absolute atomic E-state index is 10.5. The molecule has 0 unspecified atom stereocenters. The monoisotopic (exact) mass is 323 g/mol. The Labute approximate surface area is 145 Å². The molecule has 0 aliphatic carbocycles. The van der Waals surface area contributed by atoms with Crippen molar-refractivity contribution in [2.75, 3.05) is 0 Å². The predicted octanol–water partition coefficient (Wildman–Crippen LogP) is 6.16. The molecule has 0 fully saturated rings. The summed E-state index contributed by atoms with van der Waals surface area (Å²) in [5, 5.41) is 15.1. The molecule has 0 spiro atoms. The molecule has 25 heavy (non-hydrogen) atoms. The first kappa shape index (κ1) is 14.1. The van der Waals surface area contributed by atoms with Crippen LogP contribution in [0.1, 0.15) is 5.56 Å². The lowest BCUT2D eigenvalue weighted by Gasteiger charge is -2.11. The van der Waals surface area contributed by atoms with Gasteiger partial charge in [0.25, 0.3) is 0 Å². The van der Waals surface area contributed by atoms with Crippen LogP contribution in [0.3, 0.4) is 0 Å². The van der Waals surface area contributed by atoms with Crippen molar-refractivity contribution in [2.24, 2.45) is 0 Å². The molecule has 4 aromatic carbocycles. The predicted molar refractivity (Wildman–Crippen MR) is 105 cm³/mol. The van der Waals surface area contributed by atoms with Gasteiger partial charge < -0.3 is 10.1 Å². The van der Waals surface area contributed by atoms with Gasteiger partial charge in [0.2, 0.25) is 0 Å². The van der Waals surface area contributed by atoms with Crippen molar-refractivity contribution >= 4 is 32.6 Å². The molecule has 120 valence electrons. The number of H-pyrrole nitrogens is 1. The number of aromatic amines is 1. The van der Waals surface area contributed by atoms with Crippen LogP contribution in [0.4, 0.5) is 0 Å². The lowest BCUT2D eigenvalue weighted by Crippen LogP contribution is -1.87. The van der Waals surface area contributed by atoms with E-state index in [2.05, 4.69) is 59.6 Å². The number of benzene rings is 4. The van der Waals surface area contributed by atoms with Gasteiger partial charge in [-0.05, 0) is 41.5 Å². The van der Waals surface area contributed by atoms with Crippen molar-refractivity contribution in [3.05, 3.63) is 78.4 Å². The zero-order chi connectivity index (χ0) is 17.0. The quantitative estimate of drug-likeness (QED) is 0.381. The lowest BCUT2D eigenvalue weighted by molar-refractivity contribution is 0.472. The molecule has 2 nitrogen and oxygen atoms in total. The number of nitrogens with one attached hydrogen (secondary N) is 1. The molecular formula is C23H17NO. The number of hydrogen-bond acceptors (Lipinski definition) is 1. The fourth-order valence-corrected chi connectivity index (χ4v) is 3.78. The molecular weight excluding hydrogens is 306 g/mol. The molecule has 2 heteroatoms. The van der Waals surface area contributed by atoms with Crippen LogP contribution in [-0.4, -0.2) is 10.1 Å². The summed E-state index contributed by atoms with van der Waals surface area (Å²) in [7, 11) is 0. The third-order valence-electron chi connectivity index (χ3n) is 5.07. The maximum atomic E-state index is 10.5. The largest absolute Gasteiger partial charge is 0.508 e. The van der Waals surface area contributed by atoms with Crippen LogP contribution in [0.25, 0.3) is 43.7 Å². The Balaban J connectivity index is 1.91. The molecule has 0 bridgehead atoms. The minimum atomic E-state index is 0.334. The number of phenolic OH excluding ortho intramolecular Hbond substituents is 1. The van der Waals surface area contributed by atoms with Crippen LogP contribution in [0.15, 0.2) is 72.8 Å². The normalized spacial score (nSPS) is 11.6. The third-order valence-corrected chi connectivity index (χ3v) is 5.07. The van der Waals surface area contributed by atoms with Crippen LogP contribution in [0, 0.1) is 6.92 Å². The summed E-state index contributed by atoms with van der Waals surface area (Å²) in [6, 6.07) is 24.9. The Hall–Kier alpha value is -3.26. The highest BCUT2D eigenvalue weighted by Gasteiger charge is 2.15. The molecule has 0 atom stereocenters. The molecule has 1 aromatic heterocycles. The van der Waals surface area contributed by atoms with Gasteiger partial charge in [-0.1, -0.05) is 54.6 Å². The molecule has 0 saturated heterocycles. The minimum absolute atomic E-state index is 0.334. The van der Waals surface area contributed by atoms with E-state index in [1.54, 1.807) is 0 Å². The van der Waals surface area contributed by atoms with Gasteiger partial charge in [-0.15, -0.1) is 0 Å². The Morgan fingerprint density at radius 2 is 1.52 bits per heavy atom. The summed E-state index contributed by atoms with van der Waals surface area (Å²) in [5.41, 5.74) is 5.24. The number of aromatic hydroxyl groups is 1. The first-order chi connectivity index (χ1) is 12.2. The molecule has 0 aliphatic rings. The van der Waals surface area contributed by atoms with Crippen molar-refractivity contribution in [3.8, 4) is 16.9 Å². The molecule has 0 amide bonds. The van der Waals surface area contributed by atoms with Crippen LogP contribution in [0.2, 0.25) is 0 Å². The van der Waals surface area contributed by atoms with Gasteiger partial charge in [-0.2, -0.15) is 0 Å². The zero-order valence-electron chi connectivity index (χ0n) is 13.9. The smallest absolute Gasteiger partial charge is 0.119 e. The van der Waals surface area contributed by atoms with Gasteiger partial charge in [0, 0.05) is 27.4 Å². The van der Waals surface area contributed by atoms with E-state index in [-0.39, 0.29) is 0 Å². The van der Waals surface area contributed by atoms with E-state index in [4.69, 9.17) is 0 Å². The summed E-state index contributed by atoms with van der Waals surface area (Å²) in [4.78, 5) is 3.55. The number of hydrogen-bond donors (Lipinski definition) is 2. The van der Waals surface area contributed by atoms with E-state index in [1.807, 2.05) is 25.1 Å². The van der Waals surface area contributed by atoms with Gasteiger partial charge >= 0.3 is 0 Å². The SMILES string of the molecule is Cc1c(O)cc2c([nH]c3ccccc32)c1-c1ccc2ccccc2c1. The van der Waals surface area contributed by atoms with E-state index in [0.717, 1.165) is 38.5 Å². The van der Waals surface area contributed by atoms with Crippen molar-refractivity contribution in [1.29, 1.82) is 0 Å². The molecule has 1 heterocycles. The number of para-hydroxylation sites is 1. The number of rotatable bonds is 1. The van der Waals surface area contributed by atoms with Crippen LogP contribution < -0.4 is 0 Å². The molecule has 0 radical (unpaired) electrons. The van der Waals surface area contributed by atoms with Crippen LogP contribution in [-0.2, 0) is 0 Å². The Kier molecular flexibility index (Phi) is 2.89. The van der Waals surface area contributed by atoms with Gasteiger partial charge in [-0.25, -0.2) is 0 Å². The average Bonchev–Trinajstić information content (AvgIpc) is 3.00. The Bertz CT molecular complexity index is 1260. The van der Waals surface area contributed by atoms with Crippen LogP contribution in [0.5, 0.6) is 5.75 Å². The highest BCUT2D eigenvalue weighted by molar-refractivity contribution is 6.13. The van der Waals surface area contributed by atoms with E-state index >= 15 is 0 Å². The summed E-state index contributed by atoms with van der Waals surface area (Å²) < 4.78 is 0. The molecule has 5 aromatic rings. The van der Waals surface area contributed by atoms with Crippen molar-refractivity contribution in [3.63, 3.8) is 0 Å². The van der Waals surface area contributed by atoms with Gasteiger partial charge in [0.15, 0.2) is 0 Å². The third kappa shape index (κ3) is 2.04. The molecule has 0 saturated carbocycles. The second-order valence-corrected chi connectivity index (χ2v) is 6.55. The van der Waals surface area contributed by atoms with Gasteiger partial charge in [0.1, 0.15) is 5.75 Å². The lowest BCUT2D eigenvalue weighted by atomic mass is 9.94. The van der Waals surface area contributed by atoms with Crippen molar-refractivity contribution in [1.82, 2.24) is 4.98 Å². The molecule has 0 aliphatic heterocycles. The van der Waals surface area contributed by atoms with Gasteiger partial charge in [-0.3, -0.25) is 0 Å². The van der Waals surface area contributed by atoms with Crippen molar-refractivity contribution in [2.45, 2.75) is 6.92 Å². The van der Waals surface area contributed by atoms with Gasteiger partial charge in [0.05, 0.1) is 5.52 Å². The van der Waals surface area contributed by atoms with Crippen LogP contribution >= 0.6 is 0 Å². The Morgan fingerprint density at radius 3 is 2.40 bits per heavy atom. The van der Waals surface area contributed by atoms with E-state index in [1.165, 1.54) is 10.8 Å². The van der Waals surface area contributed by atoms with E-state index < -0.39 is 0 Å². The molecule has 5 rings (SSSR count). The second kappa shape index (κ2) is 5.12. The summed E-state index contributed by atoms with van der Waals surface area (Å²) in [6.45, 7) is 1.98. The number of aromatic nitrogens is 1. The maximum Gasteiger partial charge on any atom is 0.119 e. The summed E-state index contributed by atoms with van der Waals surface area (Å²) in [5.74, 6) is 0.334.